The number of hydrogen-bond donors (Lipinski definition) is 1. The molecule has 0 atom stereocenters. The van der Waals surface area contributed by atoms with Gasteiger partial charge in [-0.25, -0.2) is 5.01 Å². The molecule has 0 radical (unpaired) electrons. The maximum atomic E-state index is 13.0. The molecule has 1 N–H and O–H groups in total. The molecule has 7 heteroatoms. The number of carbonyl (C=O) groups is 1. The van der Waals surface area contributed by atoms with E-state index in [1.54, 1.807) is 41.7 Å². The number of carbonyl (C=O) groups excluding carboxylic acids is 1. The number of aromatic nitrogens is 1. The molecule has 1 saturated heterocycles. The minimum atomic E-state index is -0.772. The van der Waals surface area contributed by atoms with Gasteiger partial charge < -0.3 is 10.0 Å². The first kappa shape index (κ1) is 21.0. The Kier molecular flexibility index (Phi) is 5.50. The molecule has 0 saturated carbocycles. The molecule has 2 aromatic rings. The zero-order valence-corrected chi connectivity index (χ0v) is 18.0. The molecule has 0 spiro atoms. The van der Waals surface area contributed by atoms with E-state index in [0.29, 0.717) is 49.9 Å². The summed E-state index contributed by atoms with van der Waals surface area (Å²) in [7, 11) is 0. The standard InChI is InChI=1S/C24H27N5O2/c1-23(2)16-21(27-29(23)22(30)20-7-11-26-12-8-20)28-13-9-24(31,10-14-28)15-18-3-5-19(17-25)6-4-18/h3-8,11-12,31H,9-10,13-16H2,1-2H3. The highest BCUT2D eigenvalue weighted by atomic mass is 16.3. The lowest BCUT2D eigenvalue weighted by molar-refractivity contribution is -0.00719. The lowest BCUT2D eigenvalue weighted by Gasteiger charge is -2.39. The molecular weight excluding hydrogens is 390 g/mol. The topological polar surface area (TPSA) is 92.8 Å². The number of rotatable bonds is 3. The lowest BCUT2D eigenvalue weighted by atomic mass is 9.85. The SMILES string of the molecule is CC1(C)CC(N2CCC(O)(Cc3ccc(C#N)cc3)CC2)=NN1C(=O)c1ccncc1. The molecule has 1 aromatic heterocycles. The zero-order valence-electron chi connectivity index (χ0n) is 18.0. The first-order valence-electron chi connectivity index (χ1n) is 10.6. The van der Waals surface area contributed by atoms with Gasteiger partial charge in [-0.2, -0.15) is 10.4 Å². The lowest BCUT2D eigenvalue weighted by Crippen LogP contribution is -2.48. The minimum Gasteiger partial charge on any atom is -0.389 e. The van der Waals surface area contributed by atoms with Crippen LogP contribution < -0.4 is 0 Å². The molecular formula is C24H27N5O2. The number of nitriles is 1. The van der Waals surface area contributed by atoms with Crippen LogP contribution in [0.15, 0.2) is 53.9 Å². The highest BCUT2D eigenvalue weighted by Gasteiger charge is 2.42. The number of benzene rings is 1. The van der Waals surface area contributed by atoms with Crippen molar-refractivity contribution in [2.75, 3.05) is 13.1 Å². The number of likely N-dealkylation sites (tertiary alicyclic amines) is 1. The highest BCUT2D eigenvalue weighted by molar-refractivity contribution is 5.97. The predicted molar refractivity (Wildman–Crippen MR) is 117 cm³/mol. The number of nitrogens with zero attached hydrogens (tertiary/aromatic N) is 5. The number of hydrazone groups is 1. The summed E-state index contributed by atoms with van der Waals surface area (Å²) in [4.78, 5) is 19.1. The van der Waals surface area contributed by atoms with Crippen LogP contribution in [0.3, 0.4) is 0 Å². The molecule has 31 heavy (non-hydrogen) atoms. The van der Waals surface area contributed by atoms with E-state index in [1.807, 2.05) is 26.0 Å². The minimum absolute atomic E-state index is 0.128. The van der Waals surface area contributed by atoms with Crippen LogP contribution in [0, 0.1) is 11.3 Å². The Labute approximate surface area is 182 Å². The molecule has 160 valence electrons. The van der Waals surface area contributed by atoms with Gasteiger partial charge in [0.1, 0.15) is 5.84 Å². The van der Waals surface area contributed by atoms with Crippen molar-refractivity contribution >= 4 is 11.7 Å². The molecule has 1 fully saturated rings. The molecule has 1 amide bonds. The van der Waals surface area contributed by atoms with Crippen molar-refractivity contribution in [2.45, 2.75) is 50.7 Å². The van der Waals surface area contributed by atoms with Crippen LogP contribution in [0.2, 0.25) is 0 Å². The third kappa shape index (κ3) is 4.44. The van der Waals surface area contributed by atoms with Crippen molar-refractivity contribution in [1.29, 1.82) is 5.26 Å². The maximum Gasteiger partial charge on any atom is 0.274 e. The number of pyridine rings is 1. The first-order valence-corrected chi connectivity index (χ1v) is 10.6. The van der Waals surface area contributed by atoms with Crippen LogP contribution in [-0.2, 0) is 6.42 Å². The van der Waals surface area contributed by atoms with Gasteiger partial charge in [0.15, 0.2) is 0 Å². The van der Waals surface area contributed by atoms with E-state index in [4.69, 9.17) is 5.26 Å². The molecule has 0 aliphatic carbocycles. The van der Waals surface area contributed by atoms with Crippen molar-refractivity contribution in [1.82, 2.24) is 14.9 Å². The van der Waals surface area contributed by atoms with Crippen LogP contribution in [0.4, 0.5) is 0 Å². The molecule has 0 bridgehead atoms. The molecule has 0 unspecified atom stereocenters. The van der Waals surface area contributed by atoms with E-state index in [2.05, 4.69) is 21.1 Å². The normalized spacial score (nSPS) is 19.6. The second-order valence-corrected chi connectivity index (χ2v) is 9.06. The Morgan fingerprint density at radius 3 is 2.39 bits per heavy atom. The first-order chi connectivity index (χ1) is 14.8. The van der Waals surface area contributed by atoms with E-state index >= 15 is 0 Å². The van der Waals surface area contributed by atoms with E-state index in [0.717, 1.165) is 11.4 Å². The Hall–Kier alpha value is -3.24. The van der Waals surface area contributed by atoms with Gasteiger partial charge >= 0.3 is 0 Å². The van der Waals surface area contributed by atoms with Crippen LogP contribution >= 0.6 is 0 Å². The summed E-state index contributed by atoms with van der Waals surface area (Å²) in [5.41, 5.74) is 1.04. The summed E-state index contributed by atoms with van der Waals surface area (Å²) in [6.07, 6.45) is 5.73. The van der Waals surface area contributed by atoms with Crippen LogP contribution in [0.5, 0.6) is 0 Å². The van der Waals surface area contributed by atoms with E-state index in [-0.39, 0.29) is 5.91 Å². The zero-order chi connectivity index (χ0) is 22.1. The Morgan fingerprint density at radius 1 is 1.13 bits per heavy atom. The van der Waals surface area contributed by atoms with Gasteiger partial charge in [-0.15, -0.1) is 0 Å². The van der Waals surface area contributed by atoms with Crippen molar-refractivity contribution in [3.05, 3.63) is 65.5 Å². The van der Waals surface area contributed by atoms with Gasteiger partial charge in [0.05, 0.1) is 22.8 Å². The predicted octanol–water partition coefficient (Wildman–Crippen LogP) is 2.96. The maximum absolute atomic E-state index is 13.0. The van der Waals surface area contributed by atoms with Crippen molar-refractivity contribution in [3.8, 4) is 6.07 Å². The molecule has 2 aliphatic rings. The smallest absolute Gasteiger partial charge is 0.274 e. The average Bonchev–Trinajstić information content (AvgIpc) is 3.09. The summed E-state index contributed by atoms with van der Waals surface area (Å²) in [5, 5.41) is 26.3. The number of amidine groups is 1. The second kappa shape index (κ2) is 8.12. The molecule has 2 aliphatic heterocycles. The van der Waals surface area contributed by atoms with Gasteiger partial charge in [-0.05, 0) is 56.5 Å². The van der Waals surface area contributed by atoms with Crippen molar-refractivity contribution in [2.24, 2.45) is 5.10 Å². The molecule has 3 heterocycles. The van der Waals surface area contributed by atoms with Gasteiger partial charge in [0.2, 0.25) is 0 Å². The third-order valence-electron chi connectivity index (χ3n) is 6.17. The van der Waals surface area contributed by atoms with Crippen LogP contribution in [-0.4, -0.2) is 56.0 Å². The van der Waals surface area contributed by atoms with Gasteiger partial charge in [0.25, 0.3) is 5.91 Å². The fourth-order valence-corrected chi connectivity index (χ4v) is 4.30. The highest BCUT2D eigenvalue weighted by Crippen LogP contribution is 2.33. The Bertz CT molecular complexity index is 1020. The van der Waals surface area contributed by atoms with Gasteiger partial charge in [-0.3, -0.25) is 9.78 Å². The van der Waals surface area contributed by atoms with Crippen molar-refractivity contribution < 1.29 is 9.90 Å². The summed E-state index contributed by atoms with van der Waals surface area (Å²) in [6, 6.07) is 12.9. The molecule has 7 nitrogen and oxygen atoms in total. The number of hydrogen-bond acceptors (Lipinski definition) is 6. The van der Waals surface area contributed by atoms with Gasteiger partial charge in [-0.1, -0.05) is 12.1 Å². The monoisotopic (exact) mass is 417 g/mol. The van der Waals surface area contributed by atoms with E-state index < -0.39 is 11.1 Å². The quantitative estimate of drug-likeness (QED) is 0.829. The number of piperidine rings is 1. The van der Waals surface area contributed by atoms with E-state index in [1.165, 1.54) is 0 Å². The summed E-state index contributed by atoms with van der Waals surface area (Å²) < 4.78 is 0. The van der Waals surface area contributed by atoms with E-state index in [9.17, 15) is 9.90 Å². The number of amides is 1. The fraction of sp³-hybridized carbons (Fsp3) is 0.417. The fourth-order valence-electron chi connectivity index (χ4n) is 4.30. The summed E-state index contributed by atoms with van der Waals surface area (Å²) in [5.74, 6) is 0.768. The number of aliphatic hydroxyl groups is 1. The van der Waals surface area contributed by atoms with Crippen molar-refractivity contribution in [3.63, 3.8) is 0 Å². The van der Waals surface area contributed by atoms with Crippen LogP contribution in [0.1, 0.15) is 54.6 Å². The molecule has 4 rings (SSSR count). The average molecular weight is 418 g/mol. The second-order valence-electron chi connectivity index (χ2n) is 9.06. The third-order valence-corrected chi connectivity index (χ3v) is 6.17. The summed E-state index contributed by atoms with van der Waals surface area (Å²) >= 11 is 0. The largest absolute Gasteiger partial charge is 0.389 e. The molecule has 1 aromatic carbocycles. The Balaban J connectivity index is 1.42. The summed E-state index contributed by atoms with van der Waals surface area (Å²) in [6.45, 7) is 5.43. The van der Waals surface area contributed by atoms with Gasteiger partial charge in [0, 0.05) is 43.9 Å². The Morgan fingerprint density at radius 2 is 1.77 bits per heavy atom. The van der Waals surface area contributed by atoms with Crippen LogP contribution in [0.25, 0.3) is 0 Å².